The minimum Gasteiger partial charge on any atom is -0.325 e. The Morgan fingerprint density at radius 2 is 2.05 bits per heavy atom. The SMILES string of the molecule is N#Cc1ccccc1NC(=O)Cc1cn2ccccc2n1. The van der Waals surface area contributed by atoms with E-state index in [0.717, 1.165) is 5.65 Å². The molecule has 0 radical (unpaired) electrons. The first-order valence-electron chi connectivity index (χ1n) is 6.48. The van der Waals surface area contributed by atoms with Crippen LogP contribution < -0.4 is 5.32 Å². The van der Waals surface area contributed by atoms with E-state index >= 15 is 0 Å². The number of imidazole rings is 1. The molecule has 1 N–H and O–H groups in total. The van der Waals surface area contributed by atoms with Crippen LogP contribution in [-0.4, -0.2) is 15.3 Å². The lowest BCUT2D eigenvalue weighted by atomic mass is 10.2. The van der Waals surface area contributed by atoms with Crippen molar-refractivity contribution in [2.45, 2.75) is 6.42 Å². The second kappa shape index (κ2) is 5.47. The summed E-state index contributed by atoms with van der Waals surface area (Å²) in [5, 5.41) is 11.7. The Labute approximate surface area is 121 Å². The van der Waals surface area contributed by atoms with Crippen LogP contribution in [0, 0.1) is 11.3 Å². The van der Waals surface area contributed by atoms with Gasteiger partial charge in [0.15, 0.2) is 0 Å². The van der Waals surface area contributed by atoms with Crippen molar-refractivity contribution in [3.8, 4) is 6.07 Å². The van der Waals surface area contributed by atoms with Gasteiger partial charge in [0, 0.05) is 12.4 Å². The Kier molecular flexibility index (Phi) is 3.36. The first-order chi connectivity index (χ1) is 10.3. The van der Waals surface area contributed by atoms with E-state index in [1.165, 1.54) is 0 Å². The summed E-state index contributed by atoms with van der Waals surface area (Å²) >= 11 is 0. The van der Waals surface area contributed by atoms with Gasteiger partial charge in [0.05, 0.1) is 23.4 Å². The summed E-state index contributed by atoms with van der Waals surface area (Å²) < 4.78 is 1.87. The molecule has 1 amide bonds. The Morgan fingerprint density at radius 3 is 2.86 bits per heavy atom. The number of nitriles is 1. The Balaban J connectivity index is 1.76. The summed E-state index contributed by atoms with van der Waals surface area (Å²) in [6.07, 6.45) is 3.88. The Morgan fingerprint density at radius 1 is 1.24 bits per heavy atom. The predicted octanol–water partition coefficient (Wildman–Crippen LogP) is 2.39. The molecule has 0 fully saturated rings. The standard InChI is InChI=1S/C16H12N4O/c17-10-12-5-1-2-6-14(12)19-16(21)9-13-11-20-8-4-3-7-15(20)18-13/h1-8,11H,9H2,(H,19,21). The molecule has 0 atom stereocenters. The zero-order valence-corrected chi connectivity index (χ0v) is 11.2. The van der Waals surface area contributed by atoms with Gasteiger partial charge in [0.1, 0.15) is 11.7 Å². The minimum atomic E-state index is -0.193. The van der Waals surface area contributed by atoms with E-state index in [9.17, 15) is 4.79 Å². The number of carbonyl (C=O) groups is 1. The van der Waals surface area contributed by atoms with Crippen molar-refractivity contribution < 1.29 is 4.79 Å². The van der Waals surface area contributed by atoms with Gasteiger partial charge < -0.3 is 9.72 Å². The second-order valence-corrected chi connectivity index (χ2v) is 4.58. The molecule has 5 heteroatoms. The lowest BCUT2D eigenvalue weighted by molar-refractivity contribution is -0.115. The molecule has 0 aliphatic carbocycles. The van der Waals surface area contributed by atoms with Gasteiger partial charge in [-0.15, -0.1) is 0 Å². The van der Waals surface area contributed by atoms with Crippen LogP contribution in [0.1, 0.15) is 11.3 Å². The molecular formula is C16H12N4O. The highest BCUT2D eigenvalue weighted by atomic mass is 16.1. The van der Waals surface area contributed by atoms with Gasteiger partial charge in [0.25, 0.3) is 0 Å². The number of pyridine rings is 1. The number of anilines is 1. The lowest BCUT2D eigenvalue weighted by Gasteiger charge is -2.05. The molecule has 0 saturated heterocycles. The number of nitrogens with zero attached hydrogens (tertiary/aromatic N) is 3. The van der Waals surface area contributed by atoms with Crippen molar-refractivity contribution in [1.29, 1.82) is 5.26 Å². The van der Waals surface area contributed by atoms with E-state index in [4.69, 9.17) is 5.26 Å². The number of rotatable bonds is 3. The fourth-order valence-corrected chi connectivity index (χ4v) is 2.12. The summed E-state index contributed by atoms with van der Waals surface area (Å²) in [5.41, 5.74) is 2.46. The van der Waals surface area contributed by atoms with Gasteiger partial charge in [0.2, 0.25) is 5.91 Å². The molecule has 0 bridgehead atoms. The van der Waals surface area contributed by atoms with Gasteiger partial charge in [-0.1, -0.05) is 18.2 Å². The third kappa shape index (κ3) is 2.74. The first-order valence-corrected chi connectivity index (χ1v) is 6.48. The number of amides is 1. The Hall–Kier alpha value is -3.13. The third-order valence-electron chi connectivity index (χ3n) is 3.08. The zero-order valence-electron chi connectivity index (χ0n) is 11.2. The van der Waals surface area contributed by atoms with E-state index in [2.05, 4.69) is 16.4 Å². The molecule has 0 aliphatic heterocycles. The van der Waals surface area contributed by atoms with E-state index in [0.29, 0.717) is 16.9 Å². The highest BCUT2D eigenvalue weighted by Gasteiger charge is 2.09. The smallest absolute Gasteiger partial charge is 0.230 e. The highest BCUT2D eigenvalue weighted by molar-refractivity contribution is 5.93. The van der Waals surface area contributed by atoms with Crippen LogP contribution in [0.5, 0.6) is 0 Å². The lowest BCUT2D eigenvalue weighted by Crippen LogP contribution is -2.15. The molecule has 21 heavy (non-hydrogen) atoms. The maximum Gasteiger partial charge on any atom is 0.230 e. The van der Waals surface area contributed by atoms with Crippen molar-refractivity contribution in [2.24, 2.45) is 0 Å². The van der Waals surface area contributed by atoms with E-state index < -0.39 is 0 Å². The molecule has 0 spiro atoms. The molecule has 3 rings (SSSR count). The number of benzene rings is 1. The largest absolute Gasteiger partial charge is 0.325 e. The van der Waals surface area contributed by atoms with E-state index in [-0.39, 0.29) is 12.3 Å². The van der Waals surface area contributed by atoms with Gasteiger partial charge in [-0.2, -0.15) is 5.26 Å². The van der Waals surface area contributed by atoms with Crippen LogP contribution in [-0.2, 0) is 11.2 Å². The normalized spacial score (nSPS) is 10.2. The number of para-hydroxylation sites is 1. The van der Waals surface area contributed by atoms with Crippen molar-refractivity contribution in [3.63, 3.8) is 0 Å². The Bertz CT molecular complexity index is 812. The summed E-state index contributed by atoms with van der Waals surface area (Å²) in [5.74, 6) is -0.193. The summed E-state index contributed by atoms with van der Waals surface area (Å²) in [6, 6.07) is 14.7. The van der Waals surface area contributed by atoms with Crippen molar-refractivity contribution in [2.75, 3.05) is 5.32 Å². The summed E-state index contributed by atoms with van der Waals surface area (Å²) in [6.45, 7) is 0. The molecule has 3 aromatic rings. The van der Waals surface area contributed by atoms with Crippen LogP contribution >= 0.6 is 0 Å². The first kappa shape index (κ1) is 12.9. The summed E-state index contributed by atoms with van der Waals surface area (Å²) in [4.78, 5) is 16.4. The van der Waals surface area contributed by atoms with Crippen molar-refractivity contribution >= 4 is 17.2 Å². The number of hydrogen-bond donors (Lipinski definition) is 1. The van der Waals surface area contributed by atoms with E-state index in [1.807, 2.05) is 35.0 Å². The van der Waals surface area contributed by atoms with Crippen molar-refractivity contribution in [3.05, 3.63) is 66.1 Å². The monoisotopic (exact) mass is 276 g/mol. The van der Waals surface area contributed by atoms with Crippen LogP contribution in [0.4, 0.5) is 5.69 Å². The van der Waals surface area contributed by atoms with Crippen LogP contribution in [0.15, 0.2) is 54.9 Å². The molecule has 5 nitrogen and oxygen atoms in total. The molecule has 1 aromatic carbocycles. The number of fused-ring (bicyclic) bond motifs is 1. The van der Waals surface area contributed by atoms with Gasteiger partial charge in [-0.25, -0.2) is 4.98 Å². The number of carbonyl (C=O) groups excluding carboxylic acids is 1. The quantitative estimate of drug-likeness (QED) is 0.798. The molecular weight excluding hydrogens is 264 g/mol. The molecule has 102 valence electrons. The van der Waals surface area contributed by atoms with Crippen LogP contribution in [0.2, 0.25) is 0 Å². The average Bonchev–Trinajstić information content (AvgIpc) is 2.89. The minimum absolute atomic E-state index is 0.168. The van der Waals surface area contributed by atoms with Crippen LogP contribution in [0.3, 0.4) is 0 Å². The van der Waals surface area contributed by atoms with Crippen LogP contribution in [0.25, 0.3) is 5.65 Å². The van der Waals surface area contributed by atoms with Gasteiger partial charge in [-0.05, 0) is 24.3 Å². The molecule has 0 saturated carbocycles. The molecule has 2 heterocycles. The fourth-order valence-electron chi connectivity index (χ4n) is 2.12. The maximum absolute atomic E-state index is 12.1. The molecule has 0 unspecified atom stereocenters. The maximum atomic E-state index is 12.1. The highest BCUT2D eigenvalue weighted by Crippen LogP contribution is 2.14. The molecule has 0 aliphatic rings. The summed E-state index contributed by atoms with van der Waals surface area (Å²) in [7, 11) is 0. The second-order valence-electron chi connectivity index (χ2n) is 4.58. The number of hydrogen-bond acceptors (Lipinski definition) is 3. The third-order valence-corrected chi connectivity index (χ3v) is 3.08. The van der Waals surface area contributed by atoms with Gasteiger partial charge >= 0.3 is 0 Å². The van der Waals surface area contributed by atoms with Gasteiger partial charge in [-0.3, -0.25) is 4.79 Å². The molecule has 2 aromatic heterocycles. The average molecular weight is 276 g/mol. The zero-order chi connectivity index (χ0) is 14.7. The predicted molar refractivity (Wildman–Crippen MR) is 78.7 cm³/mol. The fraction of sp³-hybridized carbons (Fsp3) is 0.0625. The number of nitrogens with one attached hydrogen (secondary N) is 1. The van der Waals surface area contributed by atoms with E-state index in [1.54, 1.807) is 24.3 Å². The number of aromatic nitrogens is 2. The topological polar surface area (TPSA) is 70.2 Å². The van der Waals surface area contributed by atoms with Crippen molar-refractivity contribution in [1.82, 2.24) is 9.38 Å².